The maximum Gasteiger partial charge on any atom is 0.127 e. The van der Waals surface area contributed by atoms with Crippen LogP contribution < -0.4 is 10.2 Å². The van der Waals surface area contributed by atoms with Gasteiger partial charge in [0.2, 0.25) is 0 Å². The Hall–Kier alpha value is -2.22. The van der Waals surface area contributed by atoms with Gasteiger partial charge in [-0.25, -0.2) is 0 Å². The molecule has 0 saturated heterocycles. The van der Waals surface area contributed by atoms with E-state index in [1.807, 2.05) is 0 Å². The monoisotopic (exact) mass is 346 g/mol. The summed E-state index contributed by atoms with van der Waals surface area (Å²) in [6.45, 7) is 11.5. The highest BCUT2D eigenvalue weighted by molar-refractivity contribution is 5.89. The lowest BCUT2D eigenvalue weighted by atomic mass is 9.66. The topological polar surface area (TPSA) is 15.3 Å². The molecule has 1 atom stereocenters. The highest BCUT2D eigenvalue weighted by atomic mass is 15.3. The number of benzene rings is 2. The van der Waals surface area contributed by atoms with Crippen LogP contribution in [0.1, 0.15) is 57.6 Å². The van der Waals surface area contributed by atoms with Gasteiger partial charge in [-0.15, -0.1) is 0 Å². The van der Waals surface area contributed by atoms with E-state index >= 15 is 0 Å². The molecule has 0 saturated carbocycles. The van der Waals surface area contributed by atoms with Crippen molar-refractivity contribution in [2.24, 2.45) is 0 Å². The van der Waals surface area contributed by atoms with Crippen molar-refractivity contribution in [3.05, 3.63) is 65.7 Å². The van der Waals surface area contributed by atoms with Crippen LogP contribution in [0, 0.1) is 0 Å². The van der Waals surface area contributed by atoms with E-state index in [2.05, 4.69) is 80.0 Å². The summed E-state index contributed by atoms with van der Waals surface area (Å²) in [6, 6.07) is 15.7. The summed E-state index contributed by atoms with van der Waals surface area (Å²) in [5.41, 5.74) is 8.17. The van der Waals surface area contributed by atoms with E-state index in [1.165, 1.54) is 46.6 Å². The normalized spacial score (nSPS) is 19.6. The summed E-state index contributed by atoms with van der Waals surface area (Å²) < 4.78 is 0. The Morgan fingerprint density at radius 1 is 1.00 bits per heavy atom. The van der Waals surface area contributed by atoms with Gasteiger partial charge in [0.1, 0.15) is 6.17 Å². The van der Waals surface area contributed by atoms with Gasteiger partial charge in [-0.05, 0) is 54.5 Å². The molecule has 0 spiro atoms. The number of nitrogens with zero attached hydrogens (tertiary/aromatic N) is 1. The average molecular weight is 347 g/mol. The fourth-order valence-corrected chi connectivity index (χ4v) is 4.99. The van der Waals surface area contributed by atoms with Crippen molar-refractivity contribution in [2.45, 2.75) is 64.5 Å². The Bertz CT molecular complexity index is 832. The van der Waals surface area contributed by atoms with Crippen LogP contribution >= 0.6 is 0 Å². The Kier molecular flexibility index (Phi) is 4.30. The van der Waals surface area contributed by atoms with Gasteiger partial charge in [-0.2, -0.15) is 0 Å². The van der Waals surface area contributed by atoms with Gasteiger partial charge in [-0.3, -0.25) is 0 Å². The molecule has 2 aromatic carbocycles. The lowest BCUT2D eigenvalue weighted by molar-refractivity contribution is 0.433. The number of fused-ring (bicyclic) bond motifs is 5. The van der Waals surface area contributed by atoms with E-state index in [-0.39, 0.29) is 11.6 Å². The van der Waals surface area contributed by atoms with E-state index in [0.717, 1.165) is 19.3 Å². The average Bonchev–Trinajstić information content (AvgIpc) is 3.08. The first kappa shape index (κ1) is 17.2. The zero-order valence-electron chi connectivity index (χ0n) is 16.3. The van der Waals surface area contributed by atoms with E-state index < -0.39 is 0 Å². The fraction of sp³-hybridized carbons (Fsp3) is 0.417. The van der Waals surface area contributed by atoms with E-state index in [4.69, 9.17) is 0 Å². The quantitative estimate of drug-likeness (QED) is 0.618. The second-order valence-electron chi connectivity index (χ2n) is 7.66. The molecule has 0 aliphatic carbocycles. The molecule has 1 N–H and O–H groups in total. The molecule has 0 amide bonds. The van der Waals surface area contributed by atoms with Crippen molar-refractivity contribution >= 4 is 17.1 Å². The van der Waals surface area contributed by atoms with Crippen molar-refractivity contribution < 1.29 is 0 Å². The summed E-state index contributed by atoms with van der Waals surface area (Å²) in [5.74, 6) is 0. The molecule has 0 aromatic heterocycles. The highest BCUT2D eigenvalue weighted by Crippen LogP contribution is 2.55. The van der Waals surface area contributed by atoms with Gasteiger partial charge in [0.25, 0.3) is 0 Å². The molecule has 136 valence electrons. The number of aryl methyl sites for hydroxylation is 1. The first-order chi connectivity index (χ1) is 12.7. The maximum atomic E-state index is 4.62. The van der Waals surface area contributed by atoms with Crippen LogP contribution in [0.15, 0.2) is 54.6 Å². The number of hydrogen-bond acceptors (Lipinski definition) is 2. The molecule has 4 rings (SSSR count). The molecule has 2 nitrogen and oxygen atoms in total. The molecule has 1 unspecified atom stereocenters. The number of hydrogen-bond donors (Lipinski definition) is 1. The fourth-order valence-electron chi connectivity index (χ4n) is 4.99. The lowest BCUT2D eigenvalue weighted by Crippen LogP contribution is -2.47. The molecular formula is C24H30N2. The first-order valence-electron chi connectivity index (χ1n) is 10.1. The van der Waals surface area contributed by atoms with Gasteiger partial charge in [-0.1, -0.05) is 64.1 Å². The number of para-hydroxylation sites is 2. The molecule has 2 heterocycles. The highest BCUT2D eigenvalue weighted by Gasteiger charge is 2.48. The van der Waals surface area contributed by atoms with Gasteiger partial charge in [0, 0.05) is 11.1 Å². The minimum absolute atomic E-state index is 0.0520. The molecule has 2 aliphatic rings. The van der Waals surface area contributed by atoms with Crippen LogP contribution in [-0.2, 0) is 11.8 Å². The van der Waals surface area contributed by atoms with E-state index in [9.17, 15) is 0 Å². The van der Waals surface area contributed by atoms with Gasteiger partial charge < -0.3 is 10.2 Å². The third kappa shape index (κ3) is 2.24. The molecule has 0 bridgehead atoms. The zero-order valence-corrected chi connectivity index (χ0v) is 16.3. The smallest absolute Gasteiger partial charge is 0.127 e. The first-order valence-corrected chi connectivity index (χ1v) is 10.1. The SMILES string of the molecule is C=C1C2Nc3c(CCCC)cccc3N2c2ccccc2C1(CC)CC. The van der Waals surface area contributed by atoms with Gasteiger partial charge >= 0.3 is 0 Å². The Morgan fingerprint density at radius 2 is 1.73 bits per heavy atom. The summed E-state index contributed by atoms with van der Waals surface area (Å²) in [5, 5.41) is 3.85. The predicted molar refractivity (Wildman–Crippen MR) is 112 cm³/mol. The lowest BCUT2D eigenvalue weighted by Gasteiger charge is -2.47. The molecule has 0 radical (unpaired) electrons. The third-order valence-corrected chi connectivity index (χ3v) is 6.56. The number of rotatable bonds is 5. The molecule has 0 fully saturated rings. The van der Waals surface area contributed by atoms with Crippen LogP contribution in [0.2, 0.25) is 0 Å². The molecule has 2 aliphatic heterocycles. The van der Waals surface area contributed by atoms with Gasteiger partial charge in [0.15, 0.2) is 0 Å². The minimum atomic E-state index is 0.0520. The standard InChI is InChI=1S/C24H30N2/c1-5-8-12-18-13-11-16-21-22(18)25-23-17(4)24(6-2,7-3)19-14-9-10-15-20(19)26(21)23/h9-11,13-16,23,25H,4-8,12H2,1-3H3. The van der Waals surface area contributed by atoms with Crippen LogP contribution in [-0.4, -0.2) is 6.17 Å². The minimum Gasteiger partial charge on any atom is -0.359 e. The van der Waals surface area contributed by atoms with Crippen LogP contribution in [0.5, 0.6) is 0 Å². The van der Waals surface area contributed by atoms with Crippen molar-refractivity contribution in [1.82, 2.24) is 0 Å². The predicted octanol–water partition coefficient (Wildman–Crippen LogP) is 6.55. The summed E-state index contributed by atoms with van der Waals surface area (Å²) >= 11 is 0. The third-order valence-electron chi connectivity index (χ3n) is 6.56. The largest absolute Gasteiger partial charge is 0.359 e. The van der Waals surface area contributed by atoms with Crippen molar-refractivity contribution in [2.75, 3.05) is 10.2 Å². The second-order valence-corrected chi connectivity index (χ2v) is 7.66. The molecule has 26 heavy (non-hydrogen) atoms. The van der Waals surface area contributed by atoms with E-state index in [1.54, 1.807) is 0 Å². The number of anilines is 3. The second kappa shape index (κ2) is 6.50. The summed E-state index contributed by atoms with van der Waals surface area (Å²) in [7, 11) is 0. The summed E-state index contributed by atoms with van der Waals surface area (Å²) in [6.07, 6.45) is 5.92. The zero-order chi connectivity index (χ0) is 18.3. The molecule has 2 aromatic rings. The van der Waals surface area contributed by atoms with Crippen LogP contribution in [0.25, 0.3) is 0 Å². The van der Waals surface area contributed by atoms with E-state index in [0.29, 0.717) is 0 Å². The molecule has 2 heteroatoms. The number of nitrogens with one attached hydrogen (secondary N) is 1. The molecular weight excluding hydrogens is 316 g/mol. The van der Waals surface area contributed by atoms with Gasteiger partial charge in [0.05, 0.1) is 11.4 Å². The summed E-state index contributed by atoms with van der Waals surface area (Å²) in [4.78, 5) is 2.48. The van der Waals surface area contributed by atoms with Crippen molar-refractivity contribution in [3.8, 4) is 0 Å². The number of unbranched alkanes of at least 4 members (excludes halogenated alkanes) is 1. The van der Waals surface area contributed by atoms with Crippen LogP contribution in [0.4, 0.5) is 17.1 Å². The van der Waals surface area contributed by atoms with Crippen LogP contribution in [0.3, 0.4) is 0 Å². The van der Waals surface area contributed by atoms with Crippen molar-refractivity contribution in [1.29, 1.82) is 0 Å². The Balaban J connectivity index is 1.89. The van der Waals surface area contributed by atoms with Crippen molar-refractivity contribution in [3.63, 3.8) is 0 Å². The Morgan fingerprint density at radius 3 is 2.46 bits per heavy atom. The Labute approximate surface area is 157 Å². The maximum absolute atomic E-state index is 4.62.